The molecule has 2 N–H and O–H groups in total. The van der Waals surface area contributed by atoms with Crippen LogP contribution in [-0.4, -0.2) is 32.4 Å². The van der Waals surface area contributed by atoms with Gasteiger partial charge in [-0.15, -0.1) is 11.3 Å². The predicted octanol–water partition coefficient (Wildman–Crippen LogP) is 2.38. The smallest absolute Gasteiger partial charge is 0.339 e. The van der Waals surface area contributed by atoms with Crippen LogP contribution in [0.25, 0.3) is 11.0 Å². The molecule has 0 radical (unpaired) electrons. The minimum Gasteiger partial charge on any atom is -0.478 e. The van der Waals surface area contributed by atoms with Gasteiger partial charge in [0.25, 0.3) is 0 Å². The minimum absolute atomic E-state index is 0.168. The lowest BCUT2D eigenvalue weighted by Crippen LogP contribution is -2.10. The van der Waals surface area contributed by atoms with Gasteiger partial charge in [0.1, 0.15) is 5.56 Å². The number of anilines is 1. The quantitative estimate of drug-likeness (QED) is 0.756. The Morgan fingerprint density at radius 1 is 1.48 bits per heavy atom. The lowest BCUT2D eigenvalue weighted by atomic mass is 10.1. The summed E-state index contributed by atoms with van der Waals surface area (Å²) < 4.78 is 1.63. The molecule has 3 aromatic rings. The van der Waals surface area contributed by atoms with Gasteiger partial charge in [0.05, 0.1) is 17.3 Å². The van der Waals surface area contributed by atoms with Crippen molar-refractivity contribution in [3.8, 4) is 0 Å². The van der Waals surface area contributed by atoms with Crippen LogP contribution in [0.1, 0.15) is 15.2 Å². The molecule has 0 aliphatic heterocycles. The van der Waals surface area contributed by atoms with Gasteiger partial charge in [0.15, 0.2) is 5.65 Å². The number of pyridine rings is 1. The average Bonchev–Trinajstić information content (AvgIpc) is 3.09. The van der Waals surface area contributed by atoms with Crippen LogP contribution < -0.4 is 5.32 Å². The highest BCUT2D eigenvalue weighted by Crippen LogP contribution is 2.25. The molecule has 6 nitrogen and oxygen atoms in total. The molecule has 0 spiro atoms. The van der Waals surface area contributed by atoms with Gasteiger partial charge in [-0.3, -0.25) is 4.68 Å². The Kier molecular flexibility index (Phi) is 3.57. The van der Waals surface area contributed by atoms with Crippen LogP contribution in [0.3, 0.4) is 0 Å². The molecule has 0 unspecified atom stereocenters. The Hall–Kier alpha value is -2.41. The zero-order valence-electron chi connectivity index (χ0n) is 11.4. The normalized spacial score (nSPS) is 10.9. The number of hydrogen-bond acceptors (Lipinski definition) is 5. The van der Waals surface area contributed by atoms with Gasteiger partial charge in [-0.25, -0.2) is 9.78 Å². The van der Waals surface area contributed by atoms with E-state index in [-0.39, 0.29) is 5.56 Å². The van der Waals surface area contributed by atoms with Crippen LogP contribution in [0.2, 0.25) is 0 Å². The van der Waals surface area contributed by atoms with Crippen LogP contribution in [-0.2, 0) is 13.5 Å². The van der Waals surface area contributed by atoms with E-state index in [1.54, 1.807) is 29.3 Å². The lowest BCUT2D eigenvalue weighted by molar-refractivity contribution is 0.0697. The fraction of sp³-hybridized carbons (Fsp3) is 0.214. The summed E-state index contributed by atoms with van der Waals surface area (Å²) in [5.74, 6) is -0.994. The Labute approximate surface area is 125 Å². The van der Waals surface area contributed by atoms with Gasteiger partial charge in [0.2, 0.25) is 0 Å². The van der Waals surface area contributed by atoms with Gasteiger partial charge < -0.3 is 10.4 Å². The van der Waals surface area contributed by atoms with E-state index in [9.17, 15) is 9.90 Å². The average molecular weight is 302 g/mol. The fourth-order valence-corrected chi connectivity index (χ4v) is 2.92. The highest BCUT2D eigenvalue weighted by molar-refractivity contribution is 7.09. The number of carbonyl (C=O) groups is 1. The molecule has 0 aliphatic carbocycles. The van der Waals surface area contributed by atoms with E-state index >= 15 is 0 Å². The van der Waals surface area contributed by atoms with Crippen molar-refractivity contribution in [3.05, 3.63) is 40.3 Å². The minimum atomic E-state index is -0.994. The van der Waals surface area contributed by atoms with E-state index in [0.29, 0.717) is 17.9 Å². The first-order chi connectivity index (χ1) is 10.2. The standard InChI is InChI=1S/C14H14N4O2S/c1-18-13-10(8-17-18)12(11(7-16-13)14(19)20)15-5-4-9-3-2-6-21-9/h2-3,6-8H,4-5H2,1H3,(H,15,16)(H,19,20). The molecule has 3 heterocycles. The molecule has 0 aromatic carbocycles. The molecule has 0 bridgehead atoms. The molecule has 0 amide bonds. The molecule has 21 heavy (non-hydrogen) atoms. The molecule has 0 saturated carbocycles. The van der Waals surface area contributed by atoms with Crippen molar-refractivity contribution in [2.45, 2.75) is 6.42 Å². The van der Waals surface area contributed by atoms with Crippen molar-refractivity contribution in [1.29, 1.82) is 0 Å². The van der Waals surface area contributed by atoms with Crippen LogP contribution >= 0.6 is 11.3 Å². The van der Waals surface area contributed by atoms with Crippen molar-refractivity contribution in [3.63, 3.8) is 0 Å². The van der Waals surface area contributed by atoms with Crippen molar-refractivity contribution in [2.75, 3.05) is 11.9 Å². The number of carboxylic acid groups (broad SMARTS) is 1. The second-order valence-corrected chi connectivity index (χ2v) is 5.65. The molecule has 7 heteroatoms. The van der Waals surface area contributed by atoms with Gasteiger partial charge in [0, 0.05) is 24.7 Å². The number of nitrogens with one attached hydrogen (secondary N) is 1. The van der Waals surface area contributed by atoms with Crippen molar-refractivity contribution < 1.29 is 9.90 Å². The number of thiophene rings is 1. The number of carboxylic acids is 1. The number of nitrogens with zero attached hydrogens (tertiary/aromatic N) is 3. The van der Waals surface area contributed by atoms with Crippen LogP contribution in [0.5, 0.6) is 0 Å². The van der Waals surface area contributed by atoms with Gasteiger partial charge in [-0.05, 0) is 17.9 Å². The van der Waals surface area contributed by atoms with Crippen LogP contribution in [0, 0.1) is 0 Å². The summed E-state index contributed by atoms with van der Waals surface area (Å²) in [6.45, 7) is 0.662. The van der Waals surface area contributed by atoms with Gasteiger partial charge in [-0.2, -0.15) is 5.10 Å². The molecule has 3 rings (SSSR count). The number of aryl methyl sites for hydroxylation is 1. The van der Waals surface area contributed by atoms with Crippen LogP contribution in [0.15, 0.2) is 29.9 Å². The van der Waals surface area contributed by atoms with Crippen LogP contribution in [0.4, 0.5) is 5.69 Å². The SMILES string of the molecule is Cn1ncc2c(NCCc3cccs3)c(C(=O)O)cnc21. The molecule has 0 atom stereocenters. The summed E-state index contributed by atoms with van der Waals surface area (Å²) in [6, 6.07) is 4.07. The Morgan fingerprint density at radius 2 is 2.33 bits per heavy atom. The molecule has 0 aliphatic rings. The maximum absolute atomic E-state index is 11.4. The first kappa shape index (κ1) is 13.6. The second-order valence-electron chi connectivity index (χ2n) is 4.61. The number of aromatic carboxylic acids is 1. The van der Waals surface area contributed by atoms with Gasteiger partial charge >= 0.3 is 5.97 Å². The number of rotatable bonds is 5. The third-order valence-corrected chi connectivity index (χ3v) is 4.18. The predicted molar refractivity (Wildman–Crippen MR) is 82.0 cm³/mol. The largest absolute Gasteiger partial charge is 0.478 e. The molecular weight excluding hydrogens is 288 g/mol. The van der Waals surface area contributed by atoms with Crippen molar-refractivity contribution in [2.24, 2.45) is 7.05 Å². The topological polar surface area (TPSA) is 80.0 Å². The summed E-state index contributed by atoms with van der Waals surface area (Å²) >= 11 is 1.69. The third kappa shape index (κ3) is 2.59. The Balaban J connectivity index is 1.90. The van der Waals surface area contributed by atoms with E-state index < -0.39 is 5.97 Å². The first-order valence-electron chi connectivity index (χ1n) is 6.47. The summed E-state index contributed by atoms with van der Waals surface area (Å²) in [6.07, 6.45) is 3.86. The van der Waals surface area contributed by atoms with Gasteiger partial charge in [-0.1, -0.05) is 6.07 Å². The van der Waals surface area contributed by atoms with E-state index in [0.717, 1.165) is 11.8 Å². The Morgan fingerprint density at radius 3 is 3.05 bits per heavy atom. The van der Waals surface area contributed by atoms with E-state index in [4.69, 9.17) is 0 Å². The molecule has 3 aromatic heterocycles. The molecular formula is C14H14N4O2S. The van der Waals surface area contributed by atoms with Crippen molar-refractivity contribution >= 4 is 34.0 Å². The monoisotopic (exact) mass is 302 g/mol. The number of hydrogen-bond donors (Lipinski definition) is 2. The Bertz CT molecular complexity index is 780. The summed E-state index contributed by atoms with van der Waals surface area (Å²) in [5, 5.41) is 19.4. The maximum Gasteiger partial charge on any atom is 0.339 e. The third-order valence-electron chi connectivity index (χ3n) is 3.25. The number of aromatic nitrogens is 3. The lowest BCUT2D eigenvalue weighted by Gasteiger charge is -2.10. The zero-order valence-corrected chi connectivity index (χ0v) is 12.2. The summed E-state index contributed by atoms with van der Waals surface area (Å²) in [4.78, 5) is 16.8. The molecule has 108 valence electrons. The van der Waals surface area contributed by atoms with E-state index in [2.05, 4.69) is 21.5 Å². The summed E-state index contributed by atoms with van der Waals surface area (Å²) in [7, 11) is 1.78. The molecule has 0 fully saturated rings. The van der Waals surface area contributed by atoms with E-state index in [1.165, 1.54) is 11.1 Å². The highest BCUT2D eigenvalue weighted by atomic mass is 32.1. The fourth-order valence-electron chi connectivity index (χ4n) is 2.21. The second kappa shape index (κ2) is 5.53. The number of fused-ring (bicyclic) bond motifs is 1. The zero-order chi connectivity index (χ0) is 14.8. The van der Waals surface area contributed by atoms with E-state index in [1.807, 2.05) is 11.4 Å². The molecule has 0 saturated heterocycles. The highest BCUT2D eigenvalue weighted by Gasteiger charge is 2.16. The first-order valence-corrected chi connectivity index (χ1v) is 7.35. The maximum atomic E-state index is 11.4. The summed E-state index contributed by atoms with van der Waals surface area (Å²) in [5.41, 5.74) is 1.41. The van der Waals surface area contributed by atoms with Crippen molar-refractivity contribution in [1.82, 2.24) is 14.8 Å².